The van der Waals surface area contributed by atoms with Crippen LogP contribution in [0.1, 0.15) is 0 Å². The van der Waals surface area contributed by atoms with Crippen molar-refractivity contribution in [2.45, 2.75) is 0 Å². The number of nitrogens with zero attached hydrogens (tertiary/aromatic N) is 1. The first-order valence-electron chi connectivity index (χ1n) is 7.12. The molecule has 1 atom stereocenters. The summed E-state index contributed by atoms with van der Waals surface area (Å²) in [6.45, 7) is -0.123. The van der Waals surface area contributed by atoms with E-state index in [4.69, 9.17) is 23.2 Å². The molecule has 0 unspecified atom stereocenters. The fraction of sp³-hybridized carbons (Fsp3) is 0.118. The van der Waals surface area contributed by atoms with Crippen molar-refractivity contribution in [1.82, 2.24) is 0 Å². The van der Waals surface area contributed by atoms with E-state index in [1.165, 1.54) is 17.0 Å². The summed E-state index contributed by atoms with van der Waals surface area (Å²) in [4.78, 5) is 38.3. The molecule has 0 saturated carbocycles. The SMILES string of the molecule is O=C1CN(c2ccccc2)C(=O)[C@H]1C(=O)Nc1ccc(Cl)c(Cl)c1. The Bertz CT molecular complexity index is 824. The van der Waals surface area contributed by atoms with Gasteiger partial charge in [0.1, 0.15) is 0 Å². The molecule has 24 heavy (non-hydrogen) atoms. The number of hydrogen-bond donors (Lipinski definition) is 1. The molecule has 1 heterocycles. The number of ketones is 1. The topological polar surface area (TPSA) is 66.5 Å². The summed E-state index contributed by atoms with van der Waals surface area (Å²) < 4.78 is 0. The third-order valence-corrected chi connectivity index (χ3v) is 4.41. The number of carbonyl (C=O) groups is 3. The summed E-state index contributed by atoms with van der Waals surface area (Å²) in [5.74, 6) is -3.02. The van der Waals surface area contributed by atoms with Crippen molar-refractivity contribution in [1.29, 1.82) is 0 Å². The molecular weight excluding hydrogens is 351 g/mol. The van der Waals surface area contributed by atoms with Crippen LogP contribution in [0.25, 0.3) is 0 Å². The average molecular weight is 363 g/mol. The minimum absolute atomic E-state index is 0.123. The van der Waals surface area contributed by atoms with Crippen LogP contribution < -0.4 is 10.2 Å². The number of Topliss-reactive ketones (excluding diaryl/α,β-unsaturated/α-hetero) is 1. The molecular formula is C17H12Cl2N2O3. The van der Waals surface area contributed by atoms with Crippen LogP contribution in [-0.2, 0) is 14.4 Å². The Labute approximate surface area is 148 Å². The van der Waals surface area contributed by atoms with Crippen LogP contribution in [0, 0.1) is 5.92 Å². The quantitative estimate of drug-likeness (QED) is 0.852. The van der Waals surface area contributed by atoms with E-state index in [0.717, 1.165) is 0 Å². The number of nitrogens with one attached hydrogen (secondary N) is 1. The van der Waals surface area contributed by atoms with Gasteiger partial charge in [-0.2, -0.15) is 0 Å². The Morgan fingerprint density at radius 3 is 2.42 bits per heavy atom. The van der Waals surface area contributed by atoms with Crippen LogP contribution in [0.2, 0.25) is 10.0 Å². The molecule has 5 nitrogen and oxygen atoms in total. The Balaban J connectivity index is 1.78. The largest absolute Gasteiger partial charge is 0.325 e. The highest BCUT2D eigenvalue weighted by Gasteiger charge is 2.44. The summed E-state index contributed by atoms with van der Waals surface area (Å²) in [6.07, 6.45) is 0. The normalized spacial score (nSPS) is 17.2. The second-order valence-electron chi connectivity index (χ2n) is 5.28. The second-order valence-corrected chi connectivity index (χ2v) is 6.09. The van der Waals surface area contributed by atoms with Gasteiger partial charge in [0.05, 0.1) is 16.6 Å². The Morgan fingerprint density at radius 2 is 1.75 bits per heavy atom. The van der Waals surface area contributed by atoms with E-state index in [2.05, 4.69) is 5.32 Å². The third-order valence-electron chi connectivity index (χ3n) is 3.67. The van der Waals surface area contributed by atoms with Gasteiger partial charge in [-0.15, -0.1) is 0 Å². The lowest BCUT2D eigenvalue weighted by Crippen LogP contribution is -2.34. The first kappa shape index (κ1) is 16.5. The molecule has 7 heteroatoms. The van der Waals surface area contributed by atoms with Crippen molar-refractivity contribution in [3.8, 4) is 0 Å². The van der Waals surface area contributed by atoms with Gasteiger partial charge in [-0.3, -0.25) is 14.4 Å². The molecule has 0 radical (unpaired) electrons. The minimum atomic E-state index is -1.36. The molecule has 2 aromatic carbocycles. The summed E-state index contributed by atoms with van der Waals surface area (Å²) in [6, 6.07) is 13.3. The molecule has 2 aromatic rings. The molecule has 3 rings (SSSR count). The van der Waals surface area contributed by atoms with Crippen molar-refractivity contribution in [2.75, 3.05) is 16.8 Å². The van der Waals surface area contributed by atoms with E-state index in [1.54, 1.807) is 36.4 Å². The van der Waals surface area contributed by atoms with Gasteiger partial charge in [0.15, 0.2) is 11.7 Å². The predicted molar refractivity (Wildman–Crippen MR) is 92.4 cm³/mol. The van der Waals surface area contributed by atoms with Crippen LogP contribution in [-0.4, -0.2) is 24.1 Å². The van der Waals surface area contributed by atoms with Crippen LogP contribution >= 0.6 is 23.2 Å². The Hall–Kier alpha value is -2.37. The number of hydrogen-bond acceptors (Lipinski definition) is 3. The monoisotopic (exact) mass is 362 g/mol. The number of rotatable bonds is 3. The van der Waals surface area contributed by atoms with E-state index in [0.29, 0.717) is 16.4 Å². The van der Waals surface area contributed by atoms with Crippen molar-refractivity contribution >= 4 is 52.2 Å². The Kier molecular flexibility index (Phi) is 4.55. The maximum atomic E-state index is 12.5. The molecule has 1 saturated heterocycles. The zero-order chi connectivity index (χ0) is 17.3. The third kappa shape index (κ3) is 3.13. The molecule has 1 fully saturated rings. The van der Waals surface area contributed by atoms with E-state index < -0.39 is 23.5 Å². The minimum Gasteiger partial charge on any atom is -0.325 e. The fourth-order valence-corrected chi connectivity index (χ4v) is 2.79. The smallest absolute Gasteiger partial charge is 0.247 e. The van der Waals surface area contributed by atoms with Crippen LogP contribution in [0.3, 0.4) is 0 Å². The van der Waals surface area contributed by atoms with Gasteiger partial charge in [0, 0.05) is 11.4 Å². The molecule has 0 bridgehead atoms. The summed E-state index contributed by atoms with van der Waals surface area (Å²) >= 11 is 11.7. The number of carbonyl (C=O) groups excluding carboxylic acids is 3. The number of para-hydroxylation sites is 1. The van der Waals surface area contributed by atoms with Crippen molar-refractivity contribution in [3.63, 3.8) is 0 Å². The van der Waals surface area contributed by atoms with Crippen molar-refractivity contribution < 1.29 is 14.4 Å². The van der Waals surface area contributed by atoms with E-state index in [1.807, 2.05) is 0 Å². The molecule has 0 aliphatic carbocycles. The zero-order valence-corrected chi connectivity index (χ0v) is 13.8. The first-order valence-corrected chi connectivity index (χ1v) is 7.88. The molecule has 0 spiro atoms. The van der Waals surface area contributed by atoms with Crippen LogP contribution in [0.15, 0.2) is 48.5 Å². The molecule has 1 aliphatic heterocycles. The number of benzene rings is 2. The number of halogens is 2. The van der Waals surface area contributed by atoms with Gasteiger partial charge < -0.3 is 10.2 Å². The Morgan fingerprint density at radius 1 is 1.04 bits per heavy atom. The van der Waals surface area contributed by atoms with Crippen LogP contribution in [0.4, 0.5) is 11.4 Å². The van der Waals surface area contributed by atoms with Gasteiger partial charge in [-0.1, -0.05) is 41.4 Å². The predicted octanol–water partition coefficient (Wildman–Crippen LogP) is 3.16. The average Bonchev–Trinajstić information content (AvgIpc) is 2.86. The number of anilines is 2. The fourth-order valence-electron chi connectivity index (χ4n) is 2.49. The van der Waals surface area contributed by atoms with Gasteiger partial charge >= 0.3 is 0 Å². The summed E-state index contributed by atoms with van der Waals surface area (Å²) in [7, 11) is 0. The van der Waals surface area contributed by atoms with Gasteiger partial charge in [-0.25, -0.2) is 0 Å². The van der Waals surface area contributed by atoms with Gasteiger partial charge in [0.25, 0.3) is 0 Å². The van der Waals surface area contributed by atoms with Gasteiger partial charge in [0.2, 0.25) is 11.8 Å². The lowest BCUT2D eigenvalue weighted by Gasteiger charge is -2.15. The maximum absolute atomic E-state index is 12.5. The standard InChI is InChI=1S/C17H12Cl2N2O3/c18-12-7-6-10(8-13(12)19)20-16(23)15-14(22)9-21(17(15)24)11-4-2-1-3-5-11/h1-8,15H,9H2,(H,20,23)/t15-/m1/s1. The summed E-state index contributed by atoms with van der Waals surface area (Å²) in [5.41, 5.74) is 0.953. The lowest BCUT2D eigenvalue weighted by atomic mass is 10.1. The lowest BCUT2D eigenvalue weighted by molar-refractivity contribution is -0.134. The van der Waals surface area contributed by atoms with E-state index in [-0.39, 0.29) is 11.6 Å². The highest BCUT2D eigenvalue weighted by atomic mass is 35.5. The highest BCUT2D eigenvalue weighted by molar-refractivity contribution is 6.42. The van der Waals surface area contributed by atoms with Crippen molar-refractivity contribution in [2.24, 2.45) is 5.92 Å². The maximum Gasteiger partial charge on any atom is 0.247 e. The first-order chi connectivity index (χ1) is 11.5. The van der Waals surface area contributed by atoms with Crippen LogP contribution in [0.5, 0.6) is 0 Å². The van der Waals surface area contributed by atoms with E-state index >= 15 is 0 Å². The molecule has 122 valence electrons. The summed E-state index contributed by atoms with van der Waals surface area (Å²) in [5, 5.41) is 3.15. The van der Waals surface area contributed by atoms with Crippen molar-refractivity contribution in [3.05, 3.63) is 58.6 Å². The van der Waals surface area contributed by atoms with Gasteiger partial charge in [-0.05, 0) is 30.3 Å². The second kappa shape index (κ2) is 6.63. The molecule has 2 amide bonds. The molecule has 1 N–H and O–H groups in total. The number of amides is 2. The highest BCUT2D eigenvalue weighted by Crippen LogP contribution is 2.27. The van der Waals surface area contributed by atoms with E-state index in [9.17, 15) is 14.4 Å². The molecule has 1 aliphatic rings. The molecule has 0 aromatic heterocycles. The zero-order valence-electron chi connectivity index (χ0n) is 12.3.